The maximum atomic E-state index is 12.8. The van der Waals surface area contributed by atoms with E-state index in [0.29, 0.717) is 35.0 Å². The molecule has 230 valence electrons. The van der Waals surface area contributed by atoms with Crippen LogP contribution in [0.1, 0.15) is 62.4 Å². The summed E-state index contributed by atoms with van der Waals surface area (Å²) in [5.41, 5.74) is 2.49. The molecular formula is C29H37F3N4O5S. The van der Waals surface area contributed by atoms with Gasteiger partial charge in [-0.25, -0.2) is 4.98 Å². The van der Waals surface area contributed by atoms with Gasteiger partial charge in [0.15, 0.2) is 0 Å². The fraction of sp³-hybridized carbons (Fsp3) is 0.517. The van der Waals surface area contributed by atoms with Crippen molar-refractivity contribution < 1.29 is 35.7 Å². The number of imidazole rings is 1. The molecule has 1 aliphatic carbocycles. The van der Waals surface area contributed by atoms with Crippen LogP contribution in [0.2, 0.25) is 0 Å². The molecule has 1 heterocycles. The average Bonchev–Trinajstić information content (AvgIpc) is 3.20. The van der Waals surface area contributed by atoms with Gasteiger partial charge in [0, 0.05) is 37.8 Å². The van der Waals surface area contributed by atoms with Crippen molar-refractivity contribution >= 4 is 33.0 Å². The molecule has 1 amide bonds. The third kappa shape index (κ3) is 8.15. The first-order valence-corrected chi connectivity index (χ1v) is 15.4. The molecule has 0 radical (unpaired) electrons. The highest BCUT2D eigenvalue weighted by Crippen LogP contribution is 2.40. The number of aryl methyl sites for hydroxylation is 1. The molecule has 1 fully saturated rings. The lowest BCUT2D eigenvalue weighted by Crippen LogP contribution is -2.41. The van der Waals surface area contributed by atoms with Gasteiger partial charge in [0.25, 0.3) is 16.0 Å². The molecule has 1 aromatic heterocycles. The number of carbonyl (C=O) groups is 1. The highest BCUT2D eigenvalue weighted by Gasteiger charge is 2.34. The summed E-state index contributed by atoms with van der Waals surface area (Å²) in [7, 11) is -2.34. The monoisotopic (exact) mass is 610 g/mol. The number of anilines is 1. The van der Waals surface area contributed by atoms with E-state index >= 15 is 0 Å². The number of halogens is 3. The van der Waals surface area contributed by atoms with E-state index in [0.717, 1.165) is 31.2 Å². The maximum absolute atomic E-state index is 12.8. The predicted molar refractivity (Wildman–Crippen MR) is 154 cm³/mol. The molecule has 0 bridgehead atoms. The Labute approximate surface area is 243 Å². The van der Waals surface area contributed by atoms with Crippen LogP contribution in [-0.4, -0.2) is 53.1 Å². The number of nitrogens with zero attached hydrogens (tertiary/aromatic N) is 3. The molecular weight excluding hydrogens is 573 g/mol. The molecule has 9 nitrogen and oxygen atoms in total. The Morgan fingerprint density at radius 3 is 2.31 bits per heavy atom. The molecule has 0 aliphatic heterocycles. The Kier molecular flexibility index (Phi) is 9.12. The van der Waals surface area contributed by atoms with Crippen molar-refractivity contribution in [2.24, 2.45) is 18.4 Å². The largest absolute Gasteiger partial charge is 0.573 e. The number of fused-ring (bicyclic) bond motifs is 1. The lowest BCUT2D eigenvalue weighted by atomic mass is 9.71. The predicted octanol–water partition coefficient (Wildman–Crippen LogP) is 5.70. The molecule has 0 spiro atoms. The molecule has 0 unspecified atom stereocenters. The van der Waals surface area contributed by atoms with E-state index in [2.05, 4.69) is 35.7 Å². The van der Waals surface area contributed by atoms with Crippen LogP contribution in [0.3, 0.4) is 0 Å². The summed E-state index contributed by atoms with van der Waals surface area (Å²) in [5.74, 6) is -0.167. The second-order valence-electron chi connectivity index (χ2n) is 11.9. The highest BCUT2D eigenvalue weighted by molar-refractivity contribution is 7.85. The summed E-state index contributed by atoms with van der Waals surface area (Å²) in [4.78, 5) is 19.3. The van der Waals surface area contributed by atoms with Crippen molar-refractivity contribution in [3.8, 4) is 5.75 Å². The zero-order chi connectivity index (χ0) is 30.9. The average molecular weight is 611 g/mol. The van der Waals surface area contributed by atoms with Crippen LogP contribution in [-0.2, 0) is 23.7 Å². The third-order valence-corrected chi connectivity index (χ3v) is 8.62. The SMILES string of the molecule is Cn1c(N(Cc2ccc(C(=O)NCCS(=O)(=O)O)cc2)C2CCC(C(C)(C)C)CC2)nc2cc(OC(F)(F)F)ccc21. The van der Waals surface area contributed by atoms with E-state index in [-0.39, 0.29) is 23.8 Å². The molecule has 2 aromatic carbocycles. The molecule has 1 aliphatic rings. The van der Waals surface area contributed by atoms with Gasteiger partial charge >= 0.3 is 6.36 Å². The summed E-state index contributed by atoms with van der Waals surface area (Å²) in [6.45, 7) is 7.00. The Hall–Kier alpha value is -3.32. The van der Waals surface area contributed by atoms with Crippen LogP contribution < -0.4 is 15.0 Å². The van der Waals surface area contributed by atoms with Gasteiger partial charge < -0.3 is 19.5 Å². The van der Waals surface area contributed by atoms with Crippen LogP contribution in [0.5, 0.6) is 5.75 Å². The quantitative estimate of drug-likeness (QED) is 0.299. The number of amides is 1. The number of rotatable bonds is 9. The normalized spacial score (nSPS) is 18.2. The van der Waals surface area contributed by atoms with Crippen molar-refractivity contribution in [2.75, 3.05) is 17.2 Å². The van der Waals surface area contributed by atoms with Crippen LogP contribution >= 0.6 is 0 Å². The van der Waals surface area contributed by atoms with Gasteiger partial charge in [-0.15, -0.1) is 13.2 Å². The second-order valence-corrected chi connectivity index (χ2v) is 13.5. The summed E-state index contributed by atoms with van der Waals surface area (Å²) < 4.78 is 75.1. The molecule has 4 rings (SSSR count). The van der Waals surface area contributed by atoms with Gasteiger partial charge in [-0.05, 0) is 66.8 Å². The molecule has 3 aromatic rings. The van der Waals surface area contributed by atoms with Gasteiger partial charge in [0.05, 0.1) is 16.8 Å². The van der Waals surface area contributed by atoms with Gasteiger partial charge in [-0.2, -0.15) is 8.42 Å². The summed E-state index contributed by atoms with van der Waals surface area (Å²) in [6, 6.07) is 11.2. The number of ether oxygens (including phenoxy) is 1. The zero-order valence-electron chi connectivity index (χ0n) is 24.1. The van der Waals surface area contributed by atoms with Crippen molar-refractivity contribution in [1.82, 2.24) is 14.9 Å². The van der Waals surface area contributed by atoms with Crippen LogP contribution in [0.4, 0.5) is 19.1 Å². The smallest absolute Gasteiger partial charge is 0.406 e. The van der Waals surface area contributed by atoms with E-state index < -0.39 is 28.1 Å². The molecule has 0 saturated heterocycles. The van der Waals surface area contributed by atoms with Crippen molar-refractivity contribution in [2.45, 2.75) is 65.4 Å². The van der Waals surface area contributed by atoms with Crippen molar-refractivity contribution in [3.05, 3.63) is 53.6 Å². The van der Waals surface area contributed by atoms with Gasteiger partial charge in [0.1, 0.15) is 5.75 Å². The molecule has 13 heteroatoms. The summed E-state index contributed by atoms with van der Waals surface area (Å²) in [6.07, 6.45) is -0.853. The molecule has 1 saturated carbocycles. The zero-order valence-corrected chi connectivity index (χ0v) is 24.9. The fourth-order valence-electron chi connectivity index (χ4n) is 5.59. The highest BCUT2D eigenvalue weighted by atomic mass is 32.2. The second kappa shape index (κ2) is 12.1. The van der Waals surface area contributed by atoms with E-state index in [1.807, 2.05) is 23.7 Å². The minimum Gasteiger partial charge on any atom is -0.406 e. The number of carbonyl (C=O) groups excluding carboxylic acids is 1. The van der Waals surface area contributed by atoms with Crippen LogP contribution in [0.25, 0.3) is 11.0 Å². The molecule has 2 N–H and O–H groups in total. The topological polar surface area (TPSA) is 114 Å². The van der Waals surface area contributed by atoms with Crippen molar-refractivity contribution in [3.63, 3.8) is 0 Å². The Bertz CT molecular complexity index is 1510. The number of hydrogen-bond acceptors (Lipinski definition) is 6. The number of nitrogens with one attached hydrogen (secondary N) is 1. The van der Waals surface area contributed by atoms with Crippen LogP contribution in [0.15, 0.2) is 42.5 Å². The van der Waals surface area contributed by atoms with E-state index in [1.165, 1.54) is 12.1 Å². The Morgan fingerprint density at radius 2 is 1.74 bits per heavy atom. The number of benzene rings is 2. The van der Waals surface area contributed by atoms with E-state index in [1.54, 1.807) is 18.2 Å². The molecule has 0 atom stereocenters. The summed E-state index contributed by atoms with van der Waals surface area (Å²) >= 11 is 0. The first kappa shape index (κ1) is 31.6. The minimum atomic E-state index is -4.80. The standard InChI is InChI=1S/C29H37F3N4O5S/c1-28(2,3)21-9-11-22(12-10-21)36(18-19-5-7-20(8-6-19)26(37)33-15-16-42(38,39)40)27-34-24-17-23(41-29(30,31)32)13-14-25(24)35(27)4/h5-8,13-14,17,21-22H,9-12,15-16,18H2,1-4H3,(H,33,37)(H,38,39,40). The summed E-state index contributed by atoms with van der Waals surface area (Å²) in [5, 5.41) is 2.47. The fourth-order valence-corrected chi connectivity index (χ4v) is 5.95. The Morgan fingerprint density at radius 1 is 1.10 bits per heavy atom. The van der Waals surface area contributed by atoms with E-state index in [9.17, 15) is 26.4 Å². The Balaban J connectivity index is 1.59. The van der Waals surface area contributed by atoms with Gasteiger partial charge in [0.2, 0.25) is 5.95 Å². The lowest BCUT2D eigenvalue weighted by Gasteiger charge is -2.41. The maximum Gasteiger partial charge on any atom is 0.573 e. The lowest BCUT2D eigenvalue weighted by molar-refractivity contribution is -0.274. The number of hydrogen-bond donors (Lipinski definition) is 2. The number of alkyl halides is 3. The van der Waals surface area contributed by atoms with Gasteiger partial charge in [-0.3, -0.25) is 9.35 Å². The third-order valence-electron chi connectivity index (χ3n) is 7.90. The first-order valence-electron chi connectivity index (χ1n) is 13.8. The van der Waals surface area contributed by atoms with E-state index in [4.69, 9.17) is 9.54 Å². The number of aromatic nitrogens is 2. The first-order chi connectivity index (χ1) is 19.5. The van der Waals surface area contributed by atoms with Crippen molar-refractivity contribution in [1.29, 1.82) is 0 Å². The minimum absolute atomic E-state index is 0.147. The van der Waals surface area contributed by atoms with Crippen LogP contribution in [0, 0.1) is 11.3 Å². The van der Waals surface area contributed by atoms with Gasteiger partial charge in [-0.1, -0.05) is 32.9 Å². The molecule has 42 heavy (non-hydrogen) atoms.